The summed E-state index contributed by atoms with van der Waals surface area (Å²) in [7, 11) is 0. The van der Waals surface area contributed by atoms with Crippen molar-refractivity contribution in [1.29, 1.82) is 0 Å². The van der Waals surface area contributed by atoms with Crippen molar-refractivity contribution < 1.29 is 0 Å². The first-order valence-corrected chi connectivity index (χ1v) is 19.1. The Morgan fingerprint density at radius 1 is 0.267 bits per heavy atom. The Balaban J connectivity index is 1.11. The van der Waals surface area contributed by atoms with E-state index in [1.165, 1.54) is 0 Å². The van der Waals surface area contributed by atoms with Crippen LogP contribution in [0.5, 0.6) is 0 Å². The summed E-state index contributed by atoms with van der Waals surface area (Å²) < 4.78 is 0. The Hall–Kier alpha value is -8.78. The number of benzene rings is 1. The van der Waals surface area contributed by atoms with E-state index in [0.717, 1.165) is 66.9 Å². The van der Waals surface area contributed by atoms with Crippen molar-refractivity contribution in [2.45, 2.75) is 0 Å². The van der Waals surface area contributed by atoms with Crippen LogP contribution in [0.4, 0.5) is 0 Å². The molecule has 16 bridgehead atoms. The van der Waals surface area contributed by atoms with Crippen LogP contribution in [0.2, 0.25) is 0 Å². The van der Waals surface area contributed by atoms with Gasteiger partial charge in [0.1, 0.15) is 44.1 Å². The average molecular weight is 777 g/mol. The second kappa shape index (κ2) is 11.9. The third-order valence-corrected chi connectivity index (χ3v) is 10.8. The van der Waals surface area contributed by atoms with Gasteiger partial charge in [0, 0.05) is 44.1 Å². The molecule has 0 aliphatic carbocycles. The average Bonchev–Trinajstić information content (AvgIpc) is 4.10. The Labute approximate surface area is 333 Å². The molecular weight excluding hydrogens is 753 g/mol. The van der Waals surface area contributed by atoms with Gasteiger partial charge >= 0.3 is 0 Å². The van der Waals surface area contributed by atoms with Crippen LogP contribution in [0.25, 0.3) is 135 Å². The molecule has 2 aliphatic rings. The fourth-order valence-electron chi connectivity index (χ4n) is 8.05. The Kier molecular flexibility index (Phi) is 6.40. The second-order valence-electron chi connectivity index (χ2n) is 14.9. The topological polar surface area (TPSA) is 200 Å². The SMILES string of the molecule is O=c1c2nc3c4cc5ccc(cc6nc(cc7ccc(cc(n4)c3nc2c(=O)c2nc3c4cc8ccc(cc9nc(cc%10ccc(cc(n4)c3nc12)[nH]%10)C=C9)[nH]8)[nH]7)C=C6)[nH]5. The first kappa shape index (κ1) is 32.3. The summed E-state index contributed by atoms with van der Waals surface area (Å²) in [5.41, 5.74) is 11.4. The van der Waals surface area contributed by atoms with Crippen molar-refractivity contribution in [2.75, 3.05) is 0 Å². The lowest BCUT2D eigenvalue weighted by molar-refractivity contribution is 1.32. The number of rotatable bonds is 0. The van der Waals surface area contributed by atoms with E-state index in [-0.39, 0.29) is 22.1 Å². The van der Waals surface area contributed by atoms with Gasteiger partial charge in [-0.15, -0.1) is 0 Å². The maximum absolute atomic E-state index is 14.5. The van der Waals surface area contributed by atoms with Gasteiger partial charge in [-0.1, -0.05) is 0 Å². The first-order valence-electron chi connectivity index (χ1n) is 19.1. The van der Waals surface area contributed by atoms with Crippen LogP contribution >= 0.6 is 0 Å². The van der Waals surface area contributed by atoms with E-state index in [1.807, 2.05) is 121 Å². The number of hydrogen-bond donors (Lipinski definition) is 4. The highest BCUT2D eigenvalue weighted by Gasteiger charge is 2.21. The van der Waals surface area contributed by atoms with Crippen molar-refractivity contribution in [3.63, 3.8) is 0 Å². The fourth-order valence-corrected chi connectivity index (χ4v) is 8.05. The molecule has 0 fully saturated rings. The van der Waals surface area contributed by atoms with Gasteiger partial charge in [0.25, 0.3) is 0 Å². The third-order valence-electron chi connectivity index (χ3n) is 10.8. The standard InChI is InChI=1S/C46H24N12O2/c59-45-41-42(56-38-34-18-30-10-6-26(50-30)14-22-2-1-21(47-22)13-25-5-9-29(49-25)17-33(53-34)37(38)55-41)46(60)44-43(45)57-39-35-19-31-11-7-27(51-31)15-23-3-4-24(48-23)16-28-8-12-32(52-28)20-36(54-35)40(39)58-44/h1-20,49-52H. The normalized spacial score (nSPS) is 12.7. The number of aromatic nitrogens is 12. The minimum absolute atomic E-state index is 0.116. The molecule has 0 saturated carbocycles. The Morgan fingerprint density at radius 2 is 0.500 bits per heavy atom. The number of hydrogen-bond acceptors (Lipinski definition) is 10. The smallest absolute Gasteiger partial charge is 0.234 e. The highest BCUT2D eigenvalue weighted by molar-refractivity contribution is 6.10. The zero-order valence-electron chi connectivity index (χ0n) is 30.9. The molecule has 12 heterocycles. The van der Waals surface area contributed by atoms with Crippen molar-refractivity contribution in [3.8, 4) is 0 Å². The number of fused-ring (bicyclic) bond motifs is 24. The molecule has 0 unspecified atom stereocenters. The van der Waals surface area contributed by atoms with Crippen LogP contribution in [0.15, 0.2) is 107 Å². The third kappa shape index (κ3) is 5.14. The van der Waals surface area contributed by atoms with E-state index in [0.29, 0.717) is 44.1 Å². The molecule has 14 nitrogen and oxygen atoms in total. The van der Waals surface area contributed by atoms with E-state index in [1.54, 1.807) is 0 Å². The van der Waals surface area contributed by atoms with Crippen molar-refractivity contribution in [3.05, 3.63) is 140 Å². The van der Waals surface area contributed by atoms with Gasteiger partial charge in [-0.2, -0.15) is 0 Å². The summed E-state index contributed by atoms with van der Waals surface area (Å²) in [6, 6.07) is 30.7. The van der Waals surface area contributed by atoms with Crippen LogP contribution in [-0.4, -0.2) is 59.8 Å². The first-order chi connectivity index (χ1) is 29.4. The van der Waals surface area contributed by atoms with Gasteiger partial charge in [0.15, 0.2) is 0 Å². The van der Waals surface area contributed by atoms with E-state index < -0.39 is 10.9 Å². The number of nitrogens with zero attached hydrogens (tertiary/aromatic N) is 8. The molecular formula is C46H24N12O2. The highest BCUT2D eigenvalue weighted by atomic mass is 16.1. The molecule has 4 N–H and O–H groups in total. The Bertz CT molecular complexity index is 3670. The quantitative estimate of drug-likeness (QED) is 0.109. The van der Waals surface area contributed by atoms with Gasteiger partial charge in [-0.05, 0) is 121 Å². The van der Waals surface area contributed by atoms with Crippen molar-refractivity contribution in [1.82, 2.24) is 59.8 Å². The van der Waals surface area contributed by atoms with Crippen molar-refractivity contribution >= 4 is 135 Å². The molecule has 11 aromatic rings. The van der Waals surface area contributed by atoms with Gasteiger partial charge in [-0.25, -0.2) is 39.9 Å². The second-order valence-corrected chi connectivity index (χ2v) is 14.9. The van der Waals surface area contributed by atoms with Crippen LogP contribution in [0, 0.1) is 0 Å². The molecule has 14 heteroatoms. The molecule has 0 radical (unpaired) electrons. The van der Waals surface area contributed by atoms with Gasteiger partial charge < -0.3 is 19.9 Å². The van der Waals surface area contributed by atoms with E-state index in [2.05, 4.69) is 19.9 Å². The van der Waals surface area contributed by atoms with Crippen LogP contribution in [0.3, 0.4) is 0 Å². The molecule has 60 heavy (non-hydrogen) atoms. The summed E-state index contributed by atoms with van der Waals surface area (Å²) in [5, 5.41) is 0. The molecule has 0 amide bonds. The minimum atomic E-state index is -0.569. The molecule has 2 aliphatic heterocycles. The van der Waals surface area contributed by atoms with Crippen LogP contribution < -0.4 is 10.9 Å². The lowest BCUT2D eigenvalue weighted by atomic mass is 10.2. The maximum Gasteiger partial charge on any atom is 0.234 e. The summed E-state index contributed by atoms with van der Waals surface area (Å²) in [4.78, 5) is 81.4. The zero-order valence-corrected chi connectivity index (χ0v) is 30.9. The minimum Gasteiger partial charge on any atom is -0.355 e. The lowest BCUT2D eigenvalue weighted by Gasteiger charge is -2.00. The molecule has 0 atom stereocenters. The molecule has 10 aromatic heterocycles. The lowest BCUT2D eigenvalue weighted by Crippen LogP contribution is -2.18. The summed E-state index contributed by atoms with van der Waals surface area (Å²) in [6.45, 7) is 0. The predicted molar refractivity (Wildman–Crippen MR) is 236 cm³/mol. The molecule has 280 valence electrons. The molecule has 0 saturated heterocycles. The largest absolute Gasteiger partial charge is 0.355 e. The highest BCUT2D eigenvalue weighted by Crippen LogP contribution is 2.28. The van der Waals surface area contributed by atoms with Gasteiger partial charge in [0.05, 0.1) is 44.8 Å². The van der Waals surface area contributed by atoms with Gasteiger partial charge in [0.2, 0.25) is 10.9 Å². The van der Waals surface area contributed by atoms with E-state index >= 15 is 0 Å². The molecule has 1 aromatic carbocycles. The Morgan fingerprint density at radius 3 is 0.750 bits per heavy atom. The number of H-pyrrole nitrogens is 4. The van der Waals surface area contributed by atoms with Crippen LogP contribution in [0.1, 0.15) is 22.8 Å². The van der Waals surface area contributed by atoms with Crippen LogP contribution in [-0.2, 0) is 0 Å². The monoisotopic (exact) mass is 776 g/mol. The number of nitrogens with one attached hydrogen (secondary N) is 4. The molecule has 0 spiro atoms. The summed E-state index contributed by atoms with van der Waals surface area (Å²) >= 11 is 0. The molecule has 13 rings (SSSR count). The van der Waals surface area contributed by atoms with E-state index in [9.17, 15) is 9.59 Å². The van der Waals surface area contributed by atoms with E-state index in [4.69, 9.17) is 39.9 Å². The van der Waals surface area contributed by atoms with Gasteiger partial charge in [-0.3, -0.25) is 9.59 Å². The summed E-state index contributed by atoms with van der Waals surface area (Å²) in [6.07, 6.45) is 7.85. The zero-order chi connectivity index (χ0) is 39.6. The number of aromatic amines is 4. The predicted octanol–water partition coefficient (Wildman–Crippen LogP) is 8.19. The fraction of sp³-hybridized carbons (Fsp3) is 0. The maximum atomic E-state index is 14.5. The summed E-state index contributed by atoms with van der Waals surface area (Å²) in [5.74, 6) is 0. The van der Waals surface area contributed by atoms with Crippen molar-refractivity contribution in [2.24, 2.45) is 0 Å².